The number of hydrogen-bond donors (Lipinski definition) is 0. The zero-order valence-electron chi connectivity index (χ0n) is 10.5. The molecule has 0 unspecified atom stereocenters. The second-order valence-corrected chi connectivity index (χ2v) is 4.91. The number of nitrogens with zero attached hydrogens (tertiary/aromatic N) is 2. The van der Waals surface area contributed by atoms with Crippen molar-refractivity contribution in [1.29, 1.82) is 0 Å². The first kappa shape index (κ1) is 11.2. The Morgan fingerprint density at radius 1 is 1.33 bits per heavy atom. The molecule has 1 fully saturated rings. The van der Waals surface area contributed by atoms with Gasteiger partial charge in [0.1, 0.15) is 5.82 Å². The predicted molar refractivity (Wildman–Crippen MR) is 73.2 cm³/mol. The molecule has 1 aromatic heterocycles. The molecule has 1 aromatic carbocycles. The van der Waals surface area contributed by atoms with Gasteiger partial charge >= 0.3 is 0 Å². The van der Waals surface area contributed by atoms with E-state index in [1.54, 1.807) is 0 Å². The maximum absolute atomic E-state index is 11.2. The summed E-state index contributed by atoms with van der Waals surface area (Å²) in [6, 6.07) is 10.4. The van der Waals surface area contributed by atoms with Gasteiger partial charge in [-0.05, 0) is 31.4 Å². The van der Waals surface area contributed by atoms with Crippen LogP contribution in [0.1, 0.15) is 29.6 Å². The standard InChI is InChI=1S/C15H16N2O/c1-17(13-6-4-7-13)15-12(10-18)9-11-5-2-3-8-14(11)16-15/h2-3,5,8-10,13H,4,6-7H2,1H3. The number of carbonyl (C=O) groups excluding carboxylic acids is 1. The lowest BCUT2D eigenvalue weighted by atomic mass is 9.91. The van der Waals surface area contributed by atoms with Crippen LogP contribution >= 0.6 is 0 Å². The first-order valence-corrected chi connectivity index (χ1v) is 6.37. The molecule has 1 aliphatic rings. The Morgan fingerprint density at radius 2 is 2.11 bits per heavy atom. The van der Waals surface area contributed by atoms with Gasteiger partial charge < -0.3 is 4.90 Å². The molecule has 18 heavy (non-hydrogen) atoms. The summed E-state index contributed by atoms with van der Waals surface area (Å²) in [6.07, 6.45) is 4.58. The zero-order chi connectivity index (χ0) is 12.5. The molecule has 1 saturated carbocycles. The number of hydrogen-bond acceptors (Lipinski definition) is 3. The molecule has 3 nitrogen and oxygen atoms in total. The summed E-state index contributed by atoms with van der Waals surface area (Å²) >= 11 is 0. The van der Waals surface area contributed by atoms with E-state index >= 15 is 0 Å². The van der Waals surface area contributed by atoms with Crippen molar-refractivity contribution in [2.24, 2.45) is 0 Å². The van der Waals surface area contributed by atoms with Crippen molar-refractivity contribution in [3.63, 3.8) is 0 Å². The Labute approximate surface area is 106 Å². The van der Waals surface area contributed by atoms with Gasteiger partial charge in [-0.1, -0.05) is 18.2 Å². The van der Waals surface area contributed by atoms with E-state index in [-0.39, 0.29) is 0 Å². The van der Waals surface area contributed by atoms with Crippen molar-refractivity contribution in [3.8, 4) is 0 Å². The van der Waals surface area contributed by atoms with E-state index in [1.165, 1.54) is 19.3 Å². The maximum Gasteiger partial charge on any atom is 0.153 e. The molecule has 1 aliphatic carbocycles. The smallest absolute Gasteiger partial charge is 0.153 e. The third-order valence-corrected chi connectivity index (χ3v) is 3.82. The molecule has 1 heterocycles. The SMILES string of the molecule is CN(c1nc2ccccc2cc1C=O)C1CCC1. The predicted octanol–water partition coefficient (Wildman–Crippen LogP) is 3.04. The molecular weight excluding hydrogens is 224 g/mol. The quantitative estimate of drug-likeness (QED) is 0.773. The first-order chi connectivity index (χ1) is 8.79. The highest BCUT2D eigenvalue weighted by Gasteiger charge is 2.24. The number of aromatic nitrogens is 1. The highest BCUT2D eigenvalue weighted by Crippen LogP contribution is 2.30. The van der Waals surface area contributed by atoms with Crippen LogP contribution in [0.4, 0.5) is 5.82 Å². The van der Waals surface area contributed by atoms with Crippen LogP contribution in [-0.2, 0) is 0 Å². The Kier molecular flexibility index (Phi) is 2.74. The average Bonchev–Trinajstić information content (AvgIpc) is 2.35. The monoisotopic (exact) mass is 240 g/mol. The van der Waals surface area contributed by atoms with Crippen molar-refractivity contribution >= 4 is 23.0 Å². The summed E-state index contributed by atoms with van der Waals surface area (Å²) in [5.41, 5.74) is 1.63. The lowest BCUT2D eigenvalue weighted by Gasteiger charge is -2.36. The fraction of sp³-hybridized carbons (Fsp3) is 0.333. The van der Waals surface area contributed by atoms with Crippen LogP contribution in [0.15, 0.2) is 30.3 Å². The average molecular weight is 240 g/mol. The van der Waals surface area contributed by atoms with E-state index in [9.17, 15) is 4.79 Å². The van der Waals surface area contributed by atoms with Crippen LogP contribution in [0.3, 0.4) is 0 Å². The van der Waals surface area contributed by atoms with Gasteiger partial charge in [-0.2, -0.15) is 0 Å². The van der Waals surface area contributed by atoms with Crippen LogP contribution in [0, 0.1) is 0 Å². The number of anilines is 1. The summed E-state index contributed by atoms with van der Waals surface area (Å²) in [5.74, 6) is 0.813. The van der Waals surface area contributed by atoms with Gasteiger partial charge in [-0.3, -0.25) is 4.79 Å². The summed E-state index contributed by atoms with van der Waals surface area (Å²) in [5, 5.41) is 1.02. The topological polar surface area (TPSA) is 33.2 Å². The summed E-state index contributed by atoms with van der Waals surface area (Å²) < 4.78 is 0. The number of aldehydes is 1. The van der Waals surface area contributed by atoms with Crippen LogP contribution < -0.4 is 4.90 Å². The molecule has 0 aliphatic heterocycles. The Balaban J connectivity index is 2.10. The number of carbonyl (C=O) groups is 1. The van der Waals surface area contributed by atoms with Gasteiger partial charge in [0.25, 0.3) is 0 Å². The van der Waals surface area contributed by atoms with Crippen molar-refractivity contribution in [1.82, 2.24) is 4.98 Å². The highest BCUT2D eigenvalue weighted by molar-refractivity contribution is 5.91. The molecule has 0 radical (unpaired) electrons. The van der Waals surface area contributed by atoms with Crippen molar-refractivity contribution in [2.45, 2.75) is 25.3 Å². The molecule has 0 N–H and O–H groups in total. The number of pyridine rings is 1. The molecule has 3 rings (SSSR count). The summed E-state index contributed by atoms with van der Waals surface area (Å²) in [6.45, 7) is 0. The van der Waals surface area contributed by atoms with Gasteiger partial charge in [0.2, 0.25) is 0 Å². The van der Waals surface area contributed by atoms with Crippen LogP contribution in [0.2, 0.25) is 0 Å². The van der Waals surface area contributed by atoms with Crippen molar-refractivity contribution < 1.29 is 4.79 Å². The molecule has 0 spiro atoms. The molecule has 0 amide bonds. The molecule has 92 valence electrons. The fourth-order valence-corrected chi connectivity index (χ4v) is 2.44. The van der Waals surface area contributed by atoms with Crippen LogP contribution in [0.25, 0.3) is 10.9 Å². The second-order valence-electron chi connectivity index (χ2n) is 4.91. The van der Waals surface area contributed by atoms with Crippen molar-refractivity contribution in [3.05, 3.63) is 35.9 Å². The lowest BCUT2D eigenvalue weighted by Crippen LogP contribution is -2.38. The minimum Gasteiger partial charge on any atom is -0.356 e. The third kappa shape index (κ3) is 1.76. The first-order valence-electron chi connectivity index (χ1n) is 6.37. The zero-order valence-corrected chi connectivity index (χ0v) is 10.5. The normalized spacial score (nSPS) is 15.4. The van der Waals surface area contributed by atoms with Gasteiger partial charge in [-0.25, -0.2) is 4.98 Å². The summed E-state index contributed by atoms with van der Waals surface area (Å²) in [7, 11) is 2.04. The fourth-order valence-electron chi connectivity index (χ4n) is 2.44. The number of rotatable bonds is 3. The number of fused-ring (bicyclic) bond motifs is 1. The van der Waals surface area contributed by atoms with Gasteiger partial charge in [0.05, 0.1) is 11.1 Å². The summed E-state index contributed by atoms with van der Waals surface area (Å²) in [4.78, 5) is 18.0. The largest absolute Gasteiger partial charge is 0.356 e. The number of para-hydroxylation sites is 1. The molecular formula is C15H16N2O. The van der Waals surface area contributed by atoms with E-state index in [2.05, 4.69) is 9.88 Å². The Morgan fingerprint density at radius 3 is 2.78 bits per heavy atom. The third-order valence-electron chi connectivity index (χ3n) is 3.82. The van der Waals surface area contributed by atoms with E-state index in [0.29, 0.717) is 11.6 Å². The van der Waals surface area contributed by atoms with Gasteiger partial charge in [-0.15, -0.1) is 0 Å². The maximum atomic E-state index is 11.2. The molecule has 0 atom stereocenters. The van der Waals surface area contributed by atoms with E-state index < -0.39 is 0 Å². The van der Waals surface area contributed by atoms with Gasteiger partial charge in [0.15, 0.2) is 6.29 Å². The molecule has 0 saturated heterocycles. The van der Waals surface area contributed by atoms with E-state index in [1.807, 2.05) is 37.4 Å². The van der Waals surface area contributed by atoms with E-state index in [0.717, 1.165) is 23.0 Å². The molecule has 0 bridgehead atoms. The van der Waals surface area contributed by atoms with Crippen LogP contribution in [-0.4, -0.2) is 24.4 Å². The van der Waals surface area contributed by atoms with Gasteiger partial charge in [0, 0.05) is 18.5 Å². The molecule has 3 heteroatoms. The van der Waals surface area contributed by atoms with Crippen LogP contribution in [0.5, 0.6) is 0 Å². The second kappa shape index (κ2) is 4.41. The minimum atomic E-state index is 0.539. The lowest BCUT2D eigenvalue weighted by molar-refractivity contribution is 0.112. The van der Waals surface area contributed by atoms with Crippen molar-refractivity contribution in [2.75, 3.05) is 11.9 Å². The Bertz CT molecular complexity index is 590. The number of benzene rings is 1. The minimum absolute atomic E-state index is 0.539. The molecule has 2 aromatic rings. The van der Waals surface area contributed by atoms with E-state index in [4.69, 9.17) is 0 Å². The highest BCUT2D eigenvalue weighted by atomic mass is 16.1. The Hall–Kier alpha value is -1.90.